The molecule has 0 spiro atoms. The fraction of sp³-hybridized carbons (Fsp3) is 0.711. The van der Waals surface area contributed by atoms with E-state index in [1.165, 1.54) is 12.5 Å². The van der Waals surface area contributed by atoms with Gasteiger partial charge in [-0.2, -0.15) is 0 Å². The van der Waals surface area contributed by atoms with Gasteiger partial charge in [-0.15, -0.1) is 0 Å². The molecular formula is C38H52O6. The van der Waals surface area contributed by atoms with Crippen LogP contribution in [0.25, 0.3) is 0 Å². The number of carbonyl (C=O) groups excluding carboxylic acids is 1. The van der Waals surface area contributed by atoms with Crippen LogP contribution in [-0.2, 0) is 9.53 Å². The van der Waals surface area contributed by atoms with Crippen molar-refractivity contribution in [3.8, 4) is 0 Å². The number of hydrogen-bond donors (Lipinski definition) is 2. The molecule has 5 aliphatic rings. The van der Waals surface area contributed by atoms with Crippen LogP contribution in [0.1, 0.15) is 140 Å². The molecule has 0 amide bonds. The summed E-state index contributed by atoms with van der Waals surface area (Å²) in [6, 6.07) is 6.31. The number of esters is 1. The average molecular weight is 605 g/mol. The second-order valence-corrected chi connectivity index (χ2v) is 17.1. The van der Waals surface area contributed by atoms with Crippen molar-refractivity contribution in [2.75, 3.05) is 0 Å². The van der Waals surface area contributed by atoms with E-state index >= 15 is 0 Å². The van der Waals surface area contributed by atoms with E-state index in [0.717, 1.165) is 64.2 Å². The maximum absolute atomic E-state index is 13.3. The summed E-state index contributed by atoms with van der Waals surface area (Å²) in [6.07, 6.45) is 10.6. The Kier molecular flexibility index (Phi) is 7.08. The van der Waals surface area contributed by atoms with Gasteiger partial charge in [0, 0.05) is 5.41 Å². The number of carboxylic acids is 2. The second kappa shape index (κ2) is 9.93. The molecule has 240 valence electrons. The van der Waals surface area contributed by atoms with Gasteiger partial charge in [-0.3, -0.25) is 4.79 Å². The predicted octanol–water partition coefficient (Wildman–Crippen LogP) is 8.94. The molecule has 0 aromatic heterocycles. The monoisotopic (exact) mass is 604 g/mol. The molecule has 0 radical (unpaired) electrons. The topological polar surface area (TPSA) is 101 Å². The first-order chi connectivity index (χ1) is 20.4. The molecule has 3 fully saturated rings. The van der Waals surface area contributed by atoms with Crippen LogP contribution in [0.5, 0.6) is 0 Å². The Bertz CT molecular complexity index is 1440. The smallest absolute Gasteiger partial charge is 0.339 e. The van der Waals surface area contributed by atoms with Crippen molar-refractivity contribution in [2.45, 2.75) is 125 Å². The van der Waals surface area contributed by atoms with Crippen molar-refractivity contribution < 1.29 is 29.3 Å². The molecule has 8 atom stereocenters. The van der Waals surface area contributed by atoms with E-state index in [2.05, 4.69) is 41.5 Å². The zero-order valence-electron chi connectivity index (χ0n) is 27.8. The Hall–Kier alpha value is -2.63. The van der Waals surface area contributed by atoms with Crippen molar-refractivity contribution in [1.29, 1.82) is 0 Å². The van der Waals surface area contributed by atoms with Crippen LogP contribution < -0.4 is 0 Å². The molecule has 0 unspecified atom stereocenters. The van der Waals surface area contributed by atoms with E-state index in [-0.39, 0.29) is 44.3 Å². The Morgan fingerprint density at radius 2 is 1.41 bits per heavy atom. The van der Waals surface area contributed by atoms with Crippen molar-refractivity contribution >= 4 is 17.9 Å². The molecule has 6 rings (SSSR count). The predicted molar refractivity (Wildman–Crippen MR) is 169 cm³/mol. The van der Waals surface area contributed by atoms with E-state index < -0.39 is 23.3 Å². The minimum Gasteiger partial charge on any atom is -0.481 e. The summed E-state index contributed by atoms with van der Waals surface area (Å²) in [4.78, 5) is 37.5. The normalized spacial score (nSPS) is 42.7. The Morgan fingerprint density at radius 1 is 0.750 bits per heavy atom. The molecule has 44 heavy (non-hydrogen) atoms. The van der Waals surface area contributed by atoms with E-state index in [1.54, 1.807) is 29.3 Å². The SMILES string of the molecule is CC1(C)[C@@H](OC(=O)c2ccccc2C(=O)O)CC[C@]2(C)C3=C(CC[C@@H]12)[C@@]1(C)CC[C@@]2(C)CC[C@@](C)(C(=O)O)C[C@H]2[C@]1(C)CC3. The van der Waals surface area contributed by atoms with Crippen LogP contribution in [0.15, 0.2) is 35.4 Å². The zero-order chi connectivity index (χ0) is 32.1. The molecule has 0 aliphatic heterocycles. The lowest BCUT2D eigenvalue weighted by molar-refractivity contribution is -0.175. The van der Waals surface area contributed by atoms with Crippen LogP contribution in [-0.4, -0.2) is 34.2 Å². The first-order valence-corrected chi connectivity index (χ1v) is 16.9. The van der Waals surface area contributed by atoms with Crippen molar-refractivity contribution in [3.63, 3.8) is 0 Å². The van der Waals surface area contributed by atoms with Gasteiger partial charge in [-0.05, 0) is 123 Å². The Labute approximate surface area is 263 Å². The highest BCUT2D eigenvalue weighted by Gasteiger charge is 2.67. The highest BCUT2D eigenvalue weighted by Crippen LogP contribution is 2.75. The van der Waals surface area contributed by atoms with Crippen molar-refractivity contribution in [3.05, 3.63) is 46.5 Å². The highest BCUT2D eigenvalue weighted by molar-refractivity contribution is 6.02. The van der Waals surface area contributed by atoms with E-state index in [0.29, 0.717) is 11.8 Å². The van der Waals surface area contributed by atoms with Crippen LogP contribution in [0.3, 0.4) is 0 Å². The van der Waals surface area contributed by atoms with Crippen LogP contribution in [0, 0.1) is 44.3 Å². The largest absolute Gasteiger partial charge is 0.481 e. The second-order valence-electron chi connectivity index (χ2n) is 17.1. The number of carbonyl (C=O) groups is 3. The third-order valence-electron chi connectivity index (χ3n) is 14.8. The number of aliphatic carboxylic acids is 1. The van der Waals surface area contributed by atoms with Gasteiger partial charge >= 0.3 is 17.9 Å². The summed E-state index contributed by atoms with van der Waals surface area (Å²) in [5, 5.41) is 19.9. The van der Waals surface area contributed by atoms with E-state index in [1.807, 2.05) is 6.92 Å². The maximum atomic E-state index is 13.3. The third kappa shape index (κ3) is 4.21. The molecule has 1 aromatic carbocycles. The summed E-state index contributed by atoms with van der Waals surface area (Å²) < 4.78 is 6.18. The van der Waals surface area contributed by atoms with Gasteiger partial charge in [0.05, 0.1) is 16.5 Å². The van der Waals surface area contributed by atoms with Crippen LogP contribution in [0.2, 0.25) is 0 Å². The number of aromatic carboxylic acids is 1. The number of benzene rings is 1. The highest BCUT2D eigenvalue weighted by atomic mass is 16.5. The summed E-state index contributed by atoms with van der Waals surface area (Å²) in [6.45, 7) is 16.4. The molecule has 0 heterocycles. The summed E-state index contributed by atoms with van der Waals surface area (Å²) >= 11 is 0. The van der Waals surface area contributed by atoms with Gasteiger partial charge in [0.25, 0.3) is 0 Å². The minimum atomic E-state index is -1.12. The molecule has 6 nitrogen and oxygen atoms in total. The van der Waals surface area contributed by atoms with Gasteiger partial charge in [0.1, 0.15) is 6.10 Å². The molecule has 3 saturated carbocycles. The number of carboxylic acid groups (broad SMARTS) is 2. The molecule has 1 aromatic rings. The number of ether oxygens (including phenoxy) is 1. The van der Waals surface area contributed by atoms with Gasteiger partial charge in [0.15, 0.2) is 0 Å². The van der Waals surface area contributed by atoms with E-state index in [9.17, 15) is 24.6 Å². The standard InChI is InChI=1S/C38H52O6/c1-33(2)27-13-12-26-25(36(27,5)16-15-29(33)44-31(41)24-11-9-8-10-23(24)30(39)40)14-17-38(7)28-22-35(4,32(42)43)19-18-34(28,3)20-21-37(26,38)6/h8-11,27-29H,12-22H2,1-7H3,(H,39,40)(H,42,43)/t27-,28+,29-,34+,35+,36+,37+,38-/m0/s1. The quantitative estimate of drug-likeness (QED) is 0.263. The molecule has 5 aliphatic carbocycles. The zero-order valence-corrected chi connectivity index (χ0v) is 27.8. The molecule has 2 N–H and O–H groups in total. The minimum absolute atomic E-state index is 0.0200. The number of hydrogen-bond acceptors (Lipinski definition) is 4. The maximum Gasteiger partial charge on any atom is 0.339 e. The van der Waals surface area contributed by atoms with E-state index in [4.69, 9.17) is 4.74 Å². The van der Waals surface area contributed by atoms with Crippen LogP contribution >= 0.6 is 0 Å². The lowest BCUT2D eigenvalue weighted by Gasteiger charge is -2.69. The van der Waals surface area contributed by atoms with Gasteiger partial charge in [0.2, 0.25) is 0 Å². The fourth-order valence-corrected chi connectivity index (χ4v) is 11.7. The lowest BCUT2D eigenvalue weighted by atomic mass is 9.35. The van der Waals surface area contributed by atoms with Crippen molar-refractivity contribution in [2.24, 2.45) is 44.3 Å². The summed E-state index contributed by atoms with van der Waals surface area (Å²) in [5.74, 6) is -1.57. The summed E-state index contributed by atoms with van der Waals surface area (Å²) in [5.41, 5.74) is 2.84. The number of fused-ring (bicyclic) bond motifs is 6. The summed E-state index contributed by atoms with van der Waals surface area (Å²) in [7, 11) is 0. The molecule has 0 saturated heterocycles. The lowest BCUT2D eigenvalue weighted by Crippen LogP contribution is -2.61. The molecule has 0 bridgehead atoms. The van der Waals surface area contributed by atoms with Crippen molar-refractivity contribution in [1.82, 2.24) is 0 Å². The van der Waals surface area contributed by atoms with Gasteiger partial charge in [-0.25, -0.2) is 9.59 Å². The number of rotatable bonds is 4. The Balaban J connectivity index is 1.31. The first-order valence-electron chi connectivity index (χ1n) is 16.9. The number of allylic oxidation sites excluding steroid dienone is 2. The van der Waals surface area contributed by atoms with Crippen LogP contribution in [0.4, 0.5) is 0 Å². The third-order valence-corrected chi connectivity index (χ3v) is 14.8. The first kappa shape index (κ1) is 31.4. The molecular weight excluding hydrogens is 552 g/mol. The molecule has 6 heteroatoms. The average Bonchev–Trinajstić information content (AvgIpc) is 2.96. The fourth-order valence-electron chi connectivity index (χ4n) is 11.7. The van der Waals surface area contributed by atoms with Gasteiger partial charge < -0.3 is 14.9 Å². The van der Waals surface area contributed by atoms with Gasteiger partial charge in [-0.1, -0.05) is 64.8 Å². The Morgan fingerprint density at radius 3 is 2.07 bits per heavy atom.